The van der Waals surface area contributed by atoms with Gasteiger partial charge in [-0.05, 0) is 50.8 Å². The molecule has 0 spiro atoms. The first-order chi connectivity index (χ1) is 10.7. The van der Waals surface area contributed by atoms with E-state index in [1.165, 1.54) is 31.7 Å². The highest BCUT2D eigenvalue weighted by atomic mass is 19.1. The highest BCUT2D eigenvalue weighted by Crippen LogP contribution is 2.44. The van der Waals surface area contributed by atoms with Crippen LogP contribution in [0.2, 0.25) is 0 Å². The van der Waals surface area contributed by atoms with Gasteiger partial charge in [-0.15, -0.1) is 0 Å². The monoisotopic (exact) mass is 296 g/mol. The van der Waals surface area contributed by atoms with E-state index in [9.17, 15) is 4.39 Å². The standard InChI is InChI=1S/C19H21FN2/c1-22-15-8-6-13(10-15)11-19(22)18-9-7-14(12-21-18)16-4-2-3-5-17(16)20/h2-5,7,9,12-13,15,19H,6,8,10-11H2,1H3. The molecule has 2 aromatic rings. The fraction of sp³-hybridized carbons (Fsp3) is 0.421. The van der Waals surface area contributed by atoms with Gasteiger partial charge in [-0.3, -0.25) is 9.88 Å². The van der Waals surface area contributed by atoms with Crippen LogP contribution in [0.5, 0.6) is 0 Å². The first kappa shape index (κ1) is 13.9. The van der Waals surface area contributed by atoms with Gasteiger partial charge >= 0.3 is 0 Å². The molecule has 1 aliphatic heterocycles. The molecule has 2 nitrogen and oxygen atoms in total. The lowest BCUT2D eigenvalue weighted by molar-refractivity contribution is 0.116. The van der Waals surface area contributed by atoms with E-state index >= 15 is 0 Å². The minimum Gasteiger partial charge on any atom is -0.295 e. The third kappa shape index (κ3) is 2.34. The molecule has 3 heteroatoms. The van der Waals surface area contributed by atoms with Crippen molar-refractivity contribution >= 4 is 0 Å². The number of benzene rings is 1. The van der Waals surface area contributed by atoms with E-state index in [4.69, 9.17) is 0 Å². The number of pyridine rings is 1. The Hall–Kier alpha value is -1.74. The molecule has 2 heterocycles. The van der Waals surface area contributed by atoms with Crippen LogP contribution in [0.3, 0.4) is 0 Å². The number of nitrogens with zero attached hydrogens (tertiary/aromatic N) is 2. The molecule has 1 saturated carbocycles. The van der Waals surface area contributed by atoms with Gasteiger partial charge in [-0.25, -0.2) is 4.39 Å². The van der Waals surface area contributed by atoms with Crippen molar-refractivity contribution in [3.8, 4) is 11.1 Å². The zero-order chi connectivity index (χ0) is 15.1. The summed E-state index contributed by atoms with van der Waals surface area (Å²) < 4.78 is 13.9. The second-order valence-corrected chi connectivity index (χ2v) is 6.70. The van der Waals surface area contributed by atoms with Crippen LogP contribution in [-0.2, 0) is 0 Å². The van der Waals surface area contributed by atoms with E-state index in [1.807, 2.05) is 18.3 Å². The van der Waals surface area contributed by atoms with Gasteiger partial charge in [0.25, 0.3) is 0 Å². The van der Waals surface area contributed by atoms with E-state index in [0.29, 0.717) is 11.6 Å². The molecule has 22 heavy (non-hydrogen) atoms. The van der Waals surface area contributed by atoms with Crippen LogP contribution in [0.15, 0.2) is 42.6 Å². The highest BCUT2D eigenvalue weighted by Gasteiger charge is 2.38. The highest BCUT2D eigenvalue weighted by molar-refractivity contribution is 5.63. The van der Waals surface area contributed by atoms with Crippen molar-refractivity contribution in [1.29, 1.82) is 0 Å². The molecule has 2 fully saturated rings. The predicted molar refractivity (Wildman–Crippen MR) is 85.9 cm³/mol. The lowest BCUT2D eigenvalue weighted by Crippen LogP contribution is -2.37. The first-order valence-electron chi connectivity index (χ1n) is 8.15. The van der Waals surface area contributed by atoms with Crippen molar-refractivity contribution in [3.63, 3.8) is 0 Å². The van der Waals surface area contributed by atoms with Crippen molar-refractivity contribution in [2.75, 3.05) is 7.05 Å². The maximum atomic E-state index is 13.9. The number of hydrogen-bond donors (Lipinski definition) is 0. The summed E-state index contributed by atoms with van der Waals surface area (Å²) in [5.41, 5.74) is 2.60. The van der Waals surface area contributed by atoms with E-state index < -0.39 is 0 Å². The van der Waals surface area contributed by atoms with Crippen LogP contribution in [0.4, 0.5) is 4.39 Å². The molecule has 3 atom stereocenters. The van der Waals surface area contributed by atoms with Crippen LogP contribution in [0.25, 0.3) is 11.1 Å². The Balaban J connectivity index is 1.61. The zero-order valence-corrected chi connectivity index (χ0v) is 12.9. The van der Waals surface area contributed by atoms with Gasteiger partial charge in [-0.1, -0.05) is 24.3 Å². The molecule has 1 aromatic heterocycles. The van der Waals surface area contributed by atoms with Crippen LogP contribution in [0, 0.1) is 11.7 Å². The van der Waals surface area contributed by atoms with Crippen LogP contribution < -0.4 is 0 Å². The third-order valence-corrected chi connectivity index (χ3v) is 5.45. The maximum Gasteiger partial charge on any atom is 0.131 e. The van der Waals surface area contributed by atoms with Gasteiger partial charge < -0.3 is 0 Å². The van der Waals surface area contributed by atoms with Crippen LogP contribution in [-0.4, -0.2) is 23.0 Å². The predicted octanol–water partition coefficient (Wildman–Crippen LogP) is 4.43. The van der Waals surface area contributed by atoms with Gasteiger partial charge in [0.2, 0.25) is 0 Å². The van der Waals surface area contributed by atoms with Crippen LogP contribution in [0.1, 0.15) is 37.4 Å². The molecule has 2 aliphatic rings. The van der Waals surface area contributed by atoms with E-state index in [1.54, 1.807) is 12.1 Å². The summed E-state index contributed by atoms with van der Waals surface area (Å²) in [5, 5.41) is 0. The average Bonchev–Trinajstić information content (AvgIpc) is 2.96. The lowest BCUT2D eigenvalue weighted by Gasteiger charge is -2.37. The summed E-state index contributed by atoms with van der Waals surface area (Å²) in [7, 11) is 2.23. The summed E-state index contributed by atoms with van der Waals surface area (Å²) in [4.78, 5) is 7.15. The van der Waals surface area contributed by atoms with E-state index in [-0.39, 0.29) is 5.82 Å². The largest absolute Gasteiger partial charge is 0.295 e. The molecule has 0 amide bonds. The topological polar surface area (TPSA) is 16.1 Å². The Labute approximate surface area is 131 Å². The second-order valence-electron chi connectivity index (χ2n) is 6.70. The summed E-state index contributed by atoms with van der Waals surface area (Å²) in [6.45, 7) is 0. The van der Waals surface area contributed by atoms with Gasteiger partial charge in [0, 0.05) is 23.4 Å². The minimum absolute atomic E-state index is 0.190. The van der Waals surface area contributed by atoms with Gasteiger partial charge in [0.15, 0.2) is 0 Å². The molecular weight excluding hydrogens is 275 g/mol. The molecule has 3 unspecified atom stereocenters. The van der Waals surface area contributed by atoms with Crippen molar-refractivity contribution < 1.29 is 4.39 Å². The number of rotatable bonds is 2. The Kier molecular flexibility index (Phi) is 3.45. The first-order valence-corrected chi connectivity index (χ1v) is 8.15. The summed E-state index contributed by atoms with van der Waals surface area (Å²) >= 11 is 0. The Bertz CT molecular complexity index is 667. The molecular formula is C19H21FN2. The van der Waals surface area contributed by atoms with E-state index in [0.717, 1.165) is 23.2 Å². The number of hydrogen-bond acceptors (Lipinski definition) is 2. The van der Waals surface area contributed by atoms with Gasteiger partial charge in [0.1, 0.15) is 5.82 Å². The lowest BCUT2D eigenvalue weighted by atomic mass is 9.90. The van der Waals surface area contributed by atoms with Crippen molar-refractivity contribution in [3.05, 3.63) is 54.1 Å². The van der Waals surface area contributed by atoms with Gasteiger partial charge in [-0.2, -0.15) is 0 Å². The number of fused-ring (bicyclic) bond motifs is 2. The quantitative estimate of drug-likeness (QED) is 0.815. The van der Waals surface area contributed by atoms with Gasteiger partial charge in [0.05, 0.1) is 11.7 Å². The summed E-state index contributed by atoms with van der Waals surface area (Å²) in [6, 6.07) is 12.1. The molecule has 0 N–H and O–H groups in total. The van der Waals surface area contributed by atoms with E-state index in [2.05, 4.69) is 23.0 Å². The Morgan fingerprint density at radius 1 is 1.09 bits per heavy atom. The minimum atomic E-state index is -0.190. The molecule has 1 aromatic carbocycles. The molecule has 1 aliphatic carbocycles. The number of likely N-dealkylation sites (tertiary alicyclic amines) is 1. The average molecular weight is 296 g/mol. The third-order valence-electron chi connectivity index (χ3n) is 5.45. The number of aromatic nitrogens is 1. The SMILES string of the molecule is CN1C2CCC(C2)CC1c1ccc(-c2ccccc2F)cn1. The fourth-order valence-corrected chi connectivity index (χ4v) is 4.16. The zero-order valence-electron chi connectivity index (χ0n) is 12.9. The fourth-order valence-electron chi connectivity index (χ4n) is 4.16. The van der Waals surface area contributed by atoms with Crippen molar-refractivity contribution in [1.82, 2.24) is 9.88 Å². The normalized spacial score (nSPS) is 28.0. The molecule has 1 saturated heterocycles. The van der Waals surface area contributed by atoms with Crippen molar-refractivity contribution in [2.45, 2.75) is 37.8 Å². The Morgan fingerprint density at radius 3 is 2.73 bits per heavy atom. The maximum absolute atomic E-state index is 13.9. The molecule has 2 bridgehead atoms. The second kappa shape index (κ2) is 5.47. The molecule has 4 rings (SSSR count). The number of halogens is 1. The van der Waals surface area contributed by atoms with Crippen LogP contribution >= 0.6 is 0 Å². The summed E-state index contributed by atoms with van der Waals surface area (Å²) in [6.07, 6.45) is 7.06. The number of piperidine rings is 1. The smallest absolute Gasteiger partial charge is 0.131 e. The Morgan fingerprint density at radius 2 is 1.95 bits per heavy atom. The summed E-state index contributed by atoms with van der Waals surface area (Å²) in [5.74, 6) is 0.670. The molecule has 114 valence electrons. The van der Waals surface area contributed by atoms with Crippen molar-refractivity contribution in [2.24, 2.45) is 5.92 Å². The molecule has 0 radical (unpaired) electrons.